The van der Waals surface area contributed by atoms with E-state index >= 15 is 0 Å². The Hall–Kier alpha value is -1.58. The molecule has 0 spiro atoms. The fraction of sp³-hybridized carbons (Fsp3) is 0.375. The van der Waals surface area contributed by atoms with Gasteiger partial charge >= 0.3 is 0 Å². The first-order valence-electron chi connectivity index (χ1n) is 7.93. The molecule has 0 saturated carbocycles. The number of nitrogens with one attached hydrogen (secondary N) is 1. The second-order valence-corrected chi connectivity index (χ2v) is 8.31. The third-order valence-corrected chi connectivity index (χ3v) is 6.35. The lowest BCUT2D eigenvalue weighted by Gasteiger charge is -2.19. The van der Waals surface area contributed by atoms with Gasteiger partial charge in [-0.15, -0.1) is 10.2 Å². The Morgan fingerprint density at radius 1 is 1.28 bits per heavy atom. The molecule has 1 amide bonds. The number of hydrogen-bond acceptors (Lipinski definition) is 7. The molecule has 0 atom stereocenters. The Bertz CT molecular complexity index is 728. The molecule has 0 aliphatic carbocycles. The molecule has 0 bridgehead atoms. The maximum absolute atomic E-state index is 12.2. The fourth-order valence-corrected chi connectivity index (χ4v) is 4.40. The summed E-state index contributed by atoms with van der Waals surface area (Å²) in [4.78, 5) is 19.2. The quantitative estimate of drug-likeness (QED) is 0.361. The highest BCUT2D eigenvalue weighted by Crippen LogP contribution is 2.24. The summed E-state index contributed by atoms with van der Waals surface area (Å²) in [5.74, 6) is 0.213. The van der Waals surface area contributed by atoms with Crippen LogP contribution in [0.5, 0.6) is 0 Å². The van der Waals surface area contributed by atoms with Gasteiger partial charge in [-0.3, -0.25) is 10.1 Å². The predicted octanol–water partition coefficient (Wildman–Crippen LogP) is 3.72. The van der Waals surface area contributed by atoms with Crippen molar-refractivity contribution in [1.82, 2.24) is 15.1 Å². The van der Waals surface area contributed by atoms with Crippen molar-refractivity contribution in [1.29, 1.82) is 0 Å². The van der Waals surface area contributed by atoms with Crippen LogP contribution in [0.1, 0.15) is 12.8 Å². The summed E-state index contributed by atoms with van der Waals surface area (Å²) < 4.78 is 0.839. The molecule has 1 fully saturated rings. The Morgan fingerprint density at radius 2 is 2.04 bits per heavy atom. The molecule has 0 unspecified atom stereocenters. The Labute approximate surface area is 159 Å². The third-order valence-electron chi connectivity index (χ3n) is 3.52. The van der Waals surface area contributed by atoms with Crippen LogP contribution in [0.15, 0.2) is 39.7 Å². The number of hydrogen-bond donors (Lipinski definition) is 1. The van der Waals surface area contributed by atoms with Gasteiger partial charge in [-0.25, -0.2) is 4.99 Å². The van der Waals surface area contributed by atoms with Crippen molar-refractivity contribution in [2.24, 2.45) is 4.99 Å². The number of aromatic nitrogens is 2. The molecule has 9 heteroatoms. The number of nitrogens with zero attached hydrogens (tertiary/aromatic N) is 4. The average Bonchev–Trinajstić information content (AvgIpc) is 3.31. The highest BCUT2D eigenvalue weighted by molar-refractivity contribution is 8.14. The van der Waals surface area contributed by atoms with Gasteiger partial charge in [0.2, 0.25) is 11.0 Å². The highest BCUT2D eigenvalue weighted by atomic mass is 32.2. The van der Waals surface area contributed by atoms with Gasteiger partial charge in [0.05, 0.1) is 11.4 Å². The van der Waals surface area contributed by atoms with Crippen molar-refractivity contribution in [3.8, 4) is 0 Å². The molecule has 1 N–H and O–H groups in total. The second kappa shape index (κ2) is 9.21. The van der Waals surface area contributed by atoms with Crippen LogP contribution >= 0.6 is 34.9 Å². The molecule has 3 rings (SSSR count). The van der Waals surface area contributed by atoms with E-state index in [2.05, 4.69) is 20.4 Å². The number of rotatable bonds is 5. The maximum Gasteiger partial charge on any atom is 0.236 e. The summed E-state index contributed by atoms with van der Waals surface area (Å²) in [6, 6.07) is 9.86. The number of thioether (sulfide) groups is 2. The minimum Gasteiger partial charge on any atom is -0.351 e. The number of carbonyl (C=O) groups excluding carboxylic acids is 1. The third kappa shape index (κ3) is 5.45. The van der Waals surface area contributed by atoms with Crippen LogP contribution in [0.3, 0.4) is 0 Å². The van der Waals surface area contributed by atoms with Crippen LogP contribution in [0, 0.1) is 0 Å². The summed E-state index contributed by atoms with van der Waals surface area (Å²) in [6.07, 6.45) is 4.27. The normalized spacial score (nSPS) is 14.8. The zero-order valence-electron chi connectivity index (χ0n) is 13.8. The van der Waals surface area contributed by atoms with Gasteiger partial charge in [0.25, 0.3) is 0 Å². The lowest BCUT2D eigenvalue weighted by atomic mass is 10.3. The Kier molecular flexibility index (Phi) is 6.71. The van der Waals surface area contributed by atoms with E-state index in [9.17, 15) is 4.79 Å². The number of carbonyl (C=O) groups is 1. The van der Waals surface area contributed by atoms with E-state index in [-0.39, 0.29) is 5.91 Å². The number of aliphatic imine (C=N–C) groups is 1. The average molecular weight is 394 g/mol. The van der Waals surface area contributed by atoms with Crippen molar-refractivity contribution in [3.63, 3.8) is 0 Å². The van der Waals surface area contributed by atoms with Gasteiger partial charge in [0.1, 0.15) is 0 Å². The zero-order valence-corrected chi connectivity index (χ0v) is 16.3. The van der Waals surface area contributed by atoms with Gasteiger partial charge in [-0.05, 0) is 31.2 Å². The van der Waals surface area contributed by atoms with Crippen LogP contribution in [-0.4, -0.2) is 51.3 Å². The van der Waals surface area contributed by atoms with Crippen LogP contribution in [-0.2, 0) is 4.79 Å². The Balaban J connectivity index is 1.62. The van der Waals surface area contributed by atoms with Crippen LogP contribution in [0.4, 0.5) is 10.8 Å². The summed E-state index contributed by atoms with van der Waals surface area (Å²) >= 11 is 4.37. The first-order valence-corrected chi connectivity index (χ1v) is 11.0. The molecule has 1 aromatic carbocycles. The molecule has 6 nitrogen and oxygen atoms in total. The number of anilines is 1. The molecule has 132 valence electrons. The molecule has 25 heavy (non-hydrogen) atoms. The summed E-state index contributed by atoms with van der Waals surface area (Å²) in [5, 5.41) is 12.2. The molecular weight excluding hydrogens is 374 g/mol. The fourth-order valence-electron chi connectivity index (χ4n) is 2.34. The largest absolute Gasteiger partial charge is 0.351 e. The predicted molar refractivity (Wildman–Crippen MR) is 107 cm³/mol. The molecule has 2 aromatic rings. The minimum absolute atomic E-state index is 0.0891. The van der Waals surface area contributed by atoms with Gasteiger partial charge in [0, 0.05) is 13.1 Å². The van der Waals surface area contributed by atoms with Gasteiger partial charge < -0.3 is 4.90 Å². The standard InChI is InChI=1S/C16H19N5OS3/c1-23-16-20-19-14(25-16)18-13(22)11-24-15(21-9-5-6-10-21)17-12-7-3-2-4-8-12/h2-4,7-8H,5-6,9-11H2,1H3,(H,18,19,22). The first kappa shape index (κ1) is 18.2. The Morgan fingerprint density at radius 3 is 2.72 bits per heavy atom. The second-order valence-electron chi connectivity index (χ2n) is 5.34. The van der Waals surface area contributed by atoms with Gasteiger partial charge in [-0.2, -0.15) is 0 Å². The number of likely N-dealkylation sites (tertiary alicyclic amines) is 1. The van der Waals surface area contributed by atoms with Crippen molar-refractivity contribution < 1.29 is 4.79 Å². The summed E-state index contributed by atoms with van der Waals surface area (Å²) in [5.41, 5.74) is 0.908. The van der Waals surface area contributed by atoms with Crippen molar-refractivity contribution in [2.45, 2.75) is 17.2 Å². The van der Waals surface area contributed by atoms with E-state index in [4.69, 9.17) is 4.99 Å². The molecule has 1 aromatic heterocycles. The number of amides is 1. The van der Waals surface area contributed by atoms with Crippen molar-refractivity contribution in [3.05, 3.63) is 30.3 Å². The molecule has 1 aliphatic rings. The van der Waals surface area contributed by atoms with Crippen LogP contribution < -0.4 is 5.32 Å². The van der Waals surface area contributed by atoms with Crippen molar-refractivity contribution in [2.75, 3.05) is 30.4 Å². The molecule has 1 saturated heterocycles. The maximum atomic E-state index is 12.2. The molecule has 0 radical (unpaired) electrons. The number of para-hydroxylation sites is 1. The van der Waals surface area contributed by atoms with E-state index in [0.717, 1.165) is 28.3 Å². The number of benzene rings is 1. The molecule has 1 aliphatic heterocycles. The topological polar surface area (TPSA) is 70.5 Å². The molecule has 2 heterocycles. The zero-order chi connectivity index (χ0) is 17.5. The first-order chi connectivity index (χ1) is 12.2. The molecular formula is C16H19N5OS3. The van der Waals surface area contributed by atoms with Gasteiger partial charge in [0.15, 0.2) is 9.51 Å². The van der Waals surface area contributed by atoms with Crippen LogP contribution in [0.2, 0.25) is 0 Å². The van der Waals surface area contributed by atoms with Crippen LogP contribution in [0.25, 0.3) is 0 Å². The van der Waals surface area contributed by atoms with E-state index in [0.29, 0.717) is 10.9 Å². The minimum atomic E-state index is -0.0891. The summed E-state index contributed by atoms with van der Waals surface area (Å²) in [7, 11) is 0. The number of amidine groups is 1. The van der Waals surface area contributed by atoms with E-state index in [1.165, 1.54) is 47.7 Å². The highest BCUT2D eigenvalue weighted by Gasteiger charge is 2.18. The van der Waals surface area contributed by atoms with Gasteiger partial charge in [-0.1, -0.05) is 53.1 Å². The monoisotopic (exact) mass is 393 g/mol. The lowest BCUT2D eigenvalue weighted by molar-refractivity contribution is -0.113. The smallest absolute Gasteiger partial charge is 0.236 e. The van der Waals surface area contributed by atoms with E-state index in [1.807, 2.05) is 36.6 Å². The van der Waals surface area contributed by atoms with Crippen molar-refractivity contribution >= 4 is 56.8 Å². The lowest BCUT2D eigenvalue weighted by Crippen LogP contribution is -2.27. The van der Waals surface area contributed by atoms with E-state index < -0.39 is 0 Å². The SMILES string of the molecule is CSc1nnc(NC(=O)CSC(=Nc2ccccc2)N2CCCC2)s1. The summed E-state index contributed by atoms with van der Waals surface area (Å²) in [6.45, 7) is 1.99. The van der Waals surface area contributed by atoms with E-state index in [1.54, 1.807) is 0 Å².